The monoisotopic (exact) mass is 353 g/mol. The van der Waals surface area contributed by atoms with Gasteiger partial charge in [-0.1, -0.05) is 0 Å². The maximum absolute atomic E-state index is 13.1. The van der Waals surface area contributed by atoms with Crippen molar-refractivity contribution in [1.82, 2.24) is 9.78 Å². The molecule has 3 rings (SSSR count). The number of rotatable bonds is 3. The van der Waals surface area contributed by atoms with Crippen molar-refractivity contribution in [2.24, 2.45) is 0 Å². The first-order valence-electron chi connectivity index (χ1n) is 7.79. The highest BCUT2D eigenvalue weighted by atomic mass is 19.4. The van der Waals surface area contributed by atoms with E-state index in [1.165, 1.54) is 24.1 Å². The Hall–Kier alpha value is -2.35. The van der Waals surface area contributed by atoms with Gasteiger partial charge in [-0.2, -0.15) is 18.3 Å². The molecule has 1 amide bonds. The fourth-order valence-corrected chi connectivity index (χ4v) is 3.12. The van der Waals surface area contributed by atoms with E-state index in [2.05, 4.69) is 5.10 Å². The second-order valence-electron chi connectivity index (χ2n) is 6.16. The Morgan fingerprint density at radius 1 is 1.36 bits per heavy atom. The third-order valence-corrected chi connectivity index (χ3v) is 4.30. The Morgan fingerprint density at radius 2 is 2.08 bits per heavy atom. The van der Waals surface area contributed by atoms with Gasteiger partial charge in [0.25, 0.3) is 5.91 Å². The van der Waals surface area contributed by atoms with Gasteiger partial charge >= 0.3 is 6.18 Å². The number of anilines is 1. The lowest BCUT2D eigenvalue weighted by Crippen LogP contribution is -2.43. The molecule has 1 aromatic heterocycles. The zero-order chi connectivity index (χ0) is 18.4. The molecular weight excluding hydrogens is 335 g/mol. The summed E-state index contributed by atoms with van der Waals surface area (Å²) in [6, 6.07) is 3.63. The first-order chi connectivity index (χ1) is 11.7. The standard InChI is InChI=1S/C17H18F3N3O2/c1-10-7-21-23-11(2)8-22(16(24)15(10)23)13-4-5-14(17(18,19)20)12(6-13)9-25-3/h4-7,11H,8-9H2,1-3H3. The van der Waals surface area contributed by atoms with E-state index in [4.69, 9.17) is 4.74 Å². The van der Waals surface area contributed by atoms with Gasteiger partial charge < -0.3 is 9.64 Å². The van der Waals surface area contributed by atoms with Crippen LogP contribution in [0, 0.1) is 6.92 Å². The molecule has 25 heavy (non-hydrogen) atoms. The fourth-order valence-electron chi connectivity index (χ4n) is 3.12. The maximum Gasteiger partial charge on any atom is 0.416 e. The zero-order valence-electron chi connectivity index (χ0n) is 14.1. The molecule has 1 aliphatic rings. The number of alkyl halides is 3. The molecule has 1 aliphatic heterocycles. The number of aromatic nitrogens is 2. The van der Waals surface area contributed by atoms with Gasteiger partial charge in [0.15, 0.2) is 0 Å². The van der Waals surface area contributed by atoms with Crippen molar-refractivity contribution < 1.29 is 22.7 Å². The van der Waals surface area contributed by atoms with Gasteiger partial charge in [-0.15, -0.1) is 0 Å². The number of fused-ring (bicyclic) bond motifs is 1. The molecule has 0 spiro atoms. The number of carbonyl (C=O) groups is 1. The molecule has 0 N–H and O–H groups in total. The van der Waals surface area contributed by atoms with Crippen molar-refractivity contribution in [1.29, 1.82) is 0 Å². The first kappa shape index (κ1) is 17.5. The molecule has 0 bridgehead atoms. The normalized spacial score (nSPS) is 17.8. The quantitative estimate of drug-likeness (QED) is 0.847. The third-order valence-electron chi connectivity index (χ3n) is 4.30. The van der Waals surface area contributed by atoms with Crippen LogP contribution >= 0.6 is 0 Å². The predicted molar refractivity (Wildman–Crippen MR) is 85.5 cm³/mol. The van der Waals surface area contributed by atoms with Gasteiger partial charge in [-0.25, -0.2) is 0 Å². The van der Waals surface area contributed by atoms with Crippen molar-refractivity contribution in [2.45, 2.75) is 32.7 Å². The average Bonchev–Trinajstić information content (AvgIpc) is 2.93. The highest BCUT2D eigenvalue weighted by Crippen LogP contribution is 2.35. The molecule has 0 fully saturated rings. The number of benzene rings is 1. The van der Waals surface area contributed by atoms with Crippen molar-refractivity contribution in [2.75, 3.05) is 18.6 Å². The minimum Gasteiger partial charge on any atom is -0.380 e. The average molecular weight is 353 g/mol. The second-order valence-corrected chi connectivity index (χ2v) is 6.16. The van der Waals surface area contributed by atoms with E-state index in [1.54, 1.807) is 17.8 Å². The van der Waals surface area contributed by atoms with Crippen LogP contribution in [-0.4, -0.2) is 29.3 Å². The van der Waals surface area contributed by atoms with Crippen LogP contribution in [0.15, 0.2) is 24.4 Å². The van der Waals surface area contributed by atoms with Crippen LogP contribution in [0.4, 0.5) is 18.9 Å². The van der Waals surface area contributed by atoms with Crippen LogP contribution in [0.3, 0.4) is 0 Å². The smallest absolute Gasteiger partial charge is 0.380 e. The summed E-state index contributed by atoms with van der Waals surface area (Å²) in [5.41, 5.74) is 0.877. The Labute approximate surface area is 143 Å². The van der Waals surface area contributed by atoms with E-state index >= 15 is 0 Å². The molecule has 0 saturated heterocycles. The summed E-state index contributed by atoms with van der Waals surface area (Å²) in [6.45, 7) is 3.85. The van der Waals surface area contributed by atoms with Crippen LogP contribution in [0.2, 0.25) is 0 Å². The molecule has 1 aromatic carbocycles. The molecule has 0 aliphatic carbocycles. The minimum atomic E-state index is -4.47. The van der Waals surface area contributed by atoms with E-state index < -0.39 is 11.7 Å². The number of ether oxygens (including phenoxy) is 1. The van der Waals surface area contributed by atoms with E-state index in [1.807, 2.05) is 6.92 Å². The second kappa shape index (κ2) is 6.18. The van der Waals surface area contributed by atoms with E-state index in [9.17, 15) is 18.0 Å². The van der Waals surface area contributed by atoms with Crippen molar-refractivity contribution >= 4 is 11.6 Å². The summed E-state index contributed by atoms with van der Waals surface area (Å²) >= 11 is 0. The molecule has 0 saturated carbocycles. The number of hydrogen-bond acceptors (Lipinski definition) is 3. The van der Waals surface area contributed by atoms with E-state index in [-0.39, 0.29) is 24.1 Å². The molecule has 1 unspecified atom stereocenters. The number of carbonyl (C=O) groups excluding carboxylic acids is 1. The highest BCUT2D eigenvalue weighted by Gasteiger charge is 2.36. The maximum atomic E-state index is 13.1. The first-order valence-corrected chi connectivity index (χ1v) is 7.79. The molecule has 0 radical (unpaired) electrons. The number of nitrogens with zero attached hydrogens (tertiary/aromatic N) is 3. The van der Waals surface area contributed by atoms with Gasteiger partial charge in [0.05, 0.1) is 24.4 Å². The number of amides is 1. The van der Waals surface area contributed by atoms with Crippen LogP contribution in [0.5, 0.6) is 0 Å². The van der Waals surface area contributed by atoms with Gasteiger partial charge in [-0.3, -0.25) is 9.48 Å². The van der Waals surface area contributed by atoms with E-state index in [0.717, 1.165) is 11.6 Å². The molecule has 5 nitrogen and oxygen atoms in total. The summed E-state index contributed by atoms with van der Waals surface area (Å²) in [7, 11) is 1.34. The van der Waals surface area contributed by atoms with Gasteiger partial charge in [0.1, 0.15) is 5.69 Å². The number of halogens is 3. The summed E-state index contributed by atoms with van der Waals surface area (Å²) in [4.78, 5) is 14.3. The molecule has 134 valence electrons. The SMILES string of the molecule is COCc1cc(N2CC(C)n3ncc(C)c3C2=O)ccc1C(F)(F)F. The minimum absolute atomic E-state index is 0.00348. The molecular formula is C17H18F3N3O2. The molecule has 1 atom stereocenters. The van der Waals surface area contributed by atoms with Crippen molar-refractivity contribution in [3.8, 4) is 0 Å². The molecule has 2 heterocycles. The number of aryl methyl sites for hydroxylation is 1. The van der Waals surface area contributed by atoms with E-state index in [0.29, 0.717) is 17.9 Å². The lowest BCUT2D eigenvalue weighted by Gasteiger charge is -2.32. The fraction of sp³-hybridized carbons (Fsp3) is 0.412. The number of methoxy groups -OCH3 is 1. The molecule has 8 heteroatoms. The van der Waals surface area contributed by atoms with Gasteiger partial charge in [-0.05, 0) is 37.6 Å². The topological polar surface area (TPSA) is 47.4 Å². The summed E-state index contributed by atoms with van der Waals surface area (Å²) in [6.07, 6.45) is -2.85. The summed E-state index contributed by atoms with van der Waals surface area (Å²) in [5, 5.41) is 4.21. The van der Waals surface area contributed by atoms with Gasteiger partial charge in [0, 0.05) is 24.9 Å². The predicted octanol–water partition coefficient (Wildman–Crippen LogP) is 3.58. The Balaban J connectivity index is 2.04. The van der Waals surface area contributed by atoms with Crippen LogP contribution in [-0.2, 0) is 17.5 Å². The Morgan fingerprint density at radius 3 is 2.72 bits per heavy atom. The Kier molecular flexibility index (Phi) is 4.32. The third kappa shape index (κ3) is 3.02. The summed E-state index contributed by atoms with van der Waals surface area (Å²) in [5.74, 6) is -0.267. The lowest BCUT2D eigenvalue weighted by molar-refractivity contribution is -0.138. The highest BCUT2D eigenvalue weighted by molar-refractivity contribution is 6.06. The molecule has 2 aromatic rings. The largest absolute Gasteiger partial charge is 0.416 e. The van der Waals surface area contributed by atoms with Gasteiger partial charge in [0.2, 0.25) is 0 Å². The summed E-state index contributed by atoms with van der Waals surface area (Å²) < 4.78 is 46.0. The Bertz CT molecular complexity index is 814. The van der Waals surface area contributed by atoms with Crippen LogP contribution in [0.25, 0.3) is 0 Å². The van der Waals surface area contributed by atoms with Crippen LogP contribution in [0.1, 0.15) is 40.1 Å². The van der Waals surface area contributed by atoms with Crippen molar-refractivity contribution in [3.05, 3.63) is 46.8 Å². The lowest BCUT2D eigenvalue weighted by atomic mass is 10.0. The van der Waals surface area contributed by atoms with Crippen molar-refractivity contribution in [3.63, 3.8) is 0 Å². The van der Waals surface area contributed by atoms with Crippen LogP contribution < -0.4 is 4.90 Å². The number of hydrogen-bond donors (Lipinski definition) is 0. The zero-order valence-corrected chi connectivity index (χ0v) is 14.1.